The molecule has 0 saturated carbocycles. The van der Waals surface area contributed by atoms with Crippen molar-refractivity contribution >= 4 is 0 Å². The van der Waals surface area contributed by atoms with Crippen LogP contribution >= 0.6 is 0 Å². The van der Waals surface area contributed by atoms with E-state index in [9.17, 15) is 0 Å². The molecule has 1 atom stereocenters. The molecule has 8 heteroatoms. The van der Waals surface area contributed by atoms with Gasteiger partial charge >= 0.3 is 0 Å². The second kappa shape index (κ2) is 5.98. The van der Waals surface area contributed by atoms with Crippen LogP contribution in [0.5, 0.6) is 0 Å². The van der Waals surface area contributed by atoms with Crippen LogP contribution in [0.2, 0.25) is 0 Å². The quantitative estimate of drug-likeness (QED) is 0.755. The number of hydrogen-bond acceptors (Lipinski definition) is 6. The summed E-state index contributed by atoms with van der Waals surface area (Å²) in [5.74, 6) is 0.918. The summed E-state index contributed by atoms with van der Waals surface area (Å²) in [5.41, 5.74) is 2.81. The van der Waals surface area contributed by atoms with E-state index in [0.717, 1.165) is 29.3 Å². The van der Waals surface area contributed by atoms with Gasteiger partial charge in [-0.25, -0.2) is 4.68 Å². The average Bonchev–Trinajstić information content (AvgIpc) is 3.27. The zero-order valence-corrected chi connectivity index (χ0v) is 12.8. The van der Waals surface area contributed by atoms with Gasteiger partial charge in [0.2, 0.25) is 0 Å². The summed E-state index contributed by atoms with van der Waals surface area (Å²) in [6.45, 7) is 2.62. The number of fused-ring (bicyclic) bond motifs is 1. The van der Waals surface area contributed by atoms with Crippen LogP contribution in [0.25, 0.3) is 11.3 Å². The van der Waals surface area contributed by atoms with Crippen LogP contribution in [0.1, 0.15) is 11.5 Å². The minimum Gasteiger partial charge on any atom is -0.468 e. The van der Waals surface area contributed by atoms with Gasteiger partial charge in [0.15, 0.2) is 0 Å². The van der Waals surface area contributed by atoms with Crippen molar-refractivity contribution in [3.63, 3.8) is 0 Å². The van der Waals surface area contributed by atoms with E-state index in [1.807, 2.05) is 30.1 Å². The predicted molar refractivity (Wildman–Crippen MR) is 81.2 cm³/mol. The first kappa shape index (κ1) is 14.2. The van der Waals surface area contributed by atoms with Crippen molar-refractivity contribution < 1.29 is 9.15 Å². The molecule has 0 fully saturated rings. The molecular weight excluding hydrogens is 296 g/mol. The smallest absolute Gasteiger partial charge is 0.121 e. The Balaban J connectivity index is 1.39. The van der Waals surface area contributed by atoms with Crippen molar-refractivity contribution in [3.05, 3.63) is 42.2 Å². The molecule has 0 saturated heterocycles. The number of ether oxygens (including phenoxy) is 1. The summed E-state index contributed by atoms with van der Waals surface area (Å²) in [5, 5.41) is 16.1. The first-order valence-corrected chi connectivity index (χ1v) is 7.55. The number of aryl methyl sites for hydroxylation is 1. The van der Waals surface area contributed by atoms with Crippen molar-refractivity contribution in [2.75, 3.05) is 6.54 Å². The minimum absolute atomic E-state index is 0.0703. The van der Waals surface area contributed by atoms with Gasteiger partial charge in [-0.1, -0.05) is 5.21 Å². The molecule has 8 nitrogen and oxygen atoms in total. The van der Waals surface area contributed by atoms with Crippen molar-refractivity contribution in [1.82, 2.24) is 30.1 Å². The average molecular weight is 314 g/mol. The Morgan fingerprint density at radius 2 is 2.39 bits per heavy atom. The van der Waals surface area contributed by atoms with E-state index in [0.29, 0.717) is 19.7 Å². The van der Waals surface area contributed by atoms with Gasteiger partial charge in [0.05, 0.1) is 44.0 Å². The molecule has 1 N–H and O–H groups in total. The van der Waals surface area contributed by atoms with Crippen molar-refractivity contribution in [2.24, 2.45) is 7.05 Å². The molecule has 23 heavy (non-hydrogen) atoms. The van der Waals surface area contributed by atoms with E-state index < -0.39 is 0 Å². The number of rotatable bonds is 5. The Hall–Kier alpha value is -2.45. The monoisotopic (exact) mass is 314 g/mol. The van der Waals surface area contributed by atoms with Gasteiger partial charge in [-0.15, -0.1) is 5.10 Å². The van der Waals surface area contributed by atoms with Crippen LogP contribution < -0.4 is 5.32 Å². The second-order valence-electron chi connectivity index (χ2n) is 5.61. The molecule has 120 valence electrons. The number of furan rings is 1. The van der Waals surface area contributed by atoms with Crippen LogP contribution in [0, 0.1) is 0 Å². The first-order chi connectivity index (χ1) is 11.3. The zero-order chi connectivity index (χ0) is 15.6. The third-order valence-electron chi connectivity index (χ3n) is 3.90. The third kappa shape index (κ3) is 2.90. The fraction of sp³-hybridized carbons (Fsp3) is 0.400. The van der Waals surface area contributed by atoms with Crippen molar-refractivity contribution in [2.45, 2.75) is 25.8 Å². The normalized spacial score (nSPS) is 17.3. The van der Waals surface area contributed by atoms with Gasteiger partial charge in [0, 0.05) is 25.4 Å². The molecule has 4 heterocycles. The van der Waals surface area contributed by atoms with E-state index in [1.165, 1.54) is 0 Å². The summed E-state index contributed by atoms with van der Waals surface area (Å²) in [6.07, 6.45) is 5.47. The molecular formula is C15H18N6O2. The molecule has 0 unspecified atom stereocenters. The fourth-order valence-corrected chi connectivity index (χ4v) is 2.73. The maximum atomic E-state index is 5.93. The third-order valence-corrected chi connectivity index (χ3v) is 3.90. The highest BCUT2D eigenvalue weighted by molar-refractivity contribution is 5.59. The molecule has 0 amide bonds. The van der Waals surface area contributed by atoms with Crippen molar-refractivity contribution in [1.29, 1.82) is 0 Å². The number of nitrogens with zero attached hydrogens (tertiary/aromatic N) is 5. The largest absolute Gasteiger partial charge is 0.468 e. The summed E-state index contributed by atoms with van der Waals surface area (Å²) in [4.78, 5) is 0. The molecule has 0 spiro atoms. The molecule has 3 aromatic rings. The van der Waals surface area contributed by atoms with Gasteiger partial charge in [-0.2, -0.15) is 5.10 Å². The van der Waals surface area contributed by atoms with Gasteiger partial charge in [0.25, 0.3) is 0 Å². The van der Waals surface area contributed by atoms with Crippen molar-refractivity contribution in [3.8, 4) is 11.3 Å². The number of nitrogens with one attached hydrogen (secondary N) is 1. The summed E-state index contributed by atoms with van der Waals surface area (Å²) >= 11 is 0. The van der Waals surface area contributed by atoms with Gasteiger partial charge < -0.3 is 14.5 Å². The lowest BCUT2D eigenvalue weighted by Crippen LogP contribution is -2.36. The standard InChI is InChI=1S/C15H18N6O2/c1-20-8-11(5-17-20)15-14-10-23-13(9-21(14)19-18-15)7-16-6-12-3-2-4-22-12/h2-5,8,13,16H,6-7,9-10H2,1H3/t13-/m1/s1. The maximum Gasteiger partial charge on any atom is 0.121 e. The number of aromatic nitrogens is 5. The minimum atomic E-state index is 0.0703. The number of hydrogen-bond donors (Lipinski definition) is 1. The lowest BCUT2D eigenvalue weighted by atomic mass is 10.2. The summed E-state index contributed by atoms with van der Waals surface area (Å²) in [7, 11) is 1.89. The molecule has 1 aliphatic rings. The molecule has 0 bridgehead atoms. The zero-order valence-electron chi connectivity index (χ0n) is 12.8. The Bertz CT molecular complexity index is 776. The van der Waals surface area contributed by atoms with E-state index in [-0.39, 0.29) is 6.10 Å². The molecule has 0 aromatic carbocycles. The second-order valence-corrected chi connectivity index (χ2v) is 5.61. The first-order valence-electron chi connectivity index (χ1n) is 7.55. The van der Waals surface area contributed by atoms with Crippen LogP contribution in [0.3, 0.4) is 0 Å². The highest BCUT2D eigenvalue weighted by Crippen LogP contribution is 2.24. The van der Waals surface area contributed by atoms with Gasteiger partial charge in [0.1, 0.15) is 11.5 Å². The van der Waals surface area contributed by atoms with E-state index in [1.54, 1.807) is 17.1 Å². The SMILES string of the molecule is Cn1cc(-c2nnn3c2CO[C@H](CNCc2ccco2)C3)cn1. The molecule has 4 rings (SSSR count). The molecule has 3 aromatic heterocycles. The summed E-state index contributed by atoms with van der Waals surface area (Å²) < 4.78 is 14.9. The topological polar surface area (TPSA) is 82.9 Å². The maximum absolute atomic E-state index is 5.93. The van der Waals surface area contributed by atoms with E-state index in [2.05, 4.69) is 20.7 Å². The fourth-order valence-electron chi connectivity index (χ4n) is 2.73. The van der Waals surface area contributed by atoms with Gasteiger partial charge in [-0.05, 0) is 12.1 Å². The van der Waals surface area contributed by atoms with Crippen LogP contribution in [-0.4, -0.2) is 37.4 Å². The van der Waals surface area contributed by atoms with Crippen LogP contribution in [0.4, 0.5) is 0 Å². The lowest BCUT2D eigenvalue weighted by Gasteiger charge is -2.24. The predicted octanol–water partition coefficient (Wildman–Crippen LogP) is 0.960. The Morgan fingerprint density at radius 1 is 1.43 bits per heavy atom. The van der Waals surface area contributed by atoms with E-state index >= 15 is 0 Å². The summed E-state index contributed by atoms with van der Waals surface area (Å²) in [6, 6.07) is 3.83. The van der Waals surface area contributed by atoms with E-state index in [4.69, 9.17) is 9.15 Å². The Morgan fingerprint density at radius 3 is 3.17 bits per heavy atom. The lowest BCUT2D eigenvalue weighted by molar-refractivity contribution is 0.00106. The Kier molecular flexibility index (Phi) is 3.68. The van der Waals surface area contributed by atoms with Gasteiger partial charge in [-0.3, -0.25) is 4.68 Å². The highest BCUT2D eigenvalue weighted by atomic mass is 16.5. The van der Waals surface area contributed by atoms with Crippen LogP contribution in [-0.2, 0) is 31.5 Å². The highest BCUT2D eigenvalue weighted by Gasteiger charge is 2.24. The molecule has 0 aliphatic carbocycles. The Labute approximate surface area is 133 Å². The molecule has 1 aliphatic heterocycles. The molecule has 0 radical (unpaired) electrons. The van der Waals surface area contributed by atoms with Crippen LogP contribution in [0.15, 0.2) is 35.2 Å².